The van der Waals surface area contributed by atoms with Crippen molar-refractivity contribution in [2.45, 2.75) is 31.8 Å². The SMILES string of the molecule is Cc1nc(OC[C@H]2CCN2C)c(OC[C@H]2CCN2C)cc1[N+](=O)[O-]. The molecule has 2 saturated heterocycles. The second-order valence-electron chi connectivity index (χ2n) is 6.62. The average Bonchev–Trinajstić information content (AvgIpc) is 2.53. The molecule has 0 spiro atoms. The molecule has 3 rings (SSSR count). The van der Waals surface area contributed by atoms with E-state index >= 15 is 0 Å². The predicted molar refractivity (Wildman–Crippen MR) is 88.7 cm³/mol. The maximum Gasteiger partial charge on any atom is 0.294 e. The third kappa shape index (κ3) is 3.44. The normalized spacial score (nSPS) is 24.1. The van der Waals surface area contributed by atoms with Gasteiger partial charge in [0.15, 0.2) is 5.75 Å². The van der Waals surface area contributed by atoms with Crippen LogP contribution in [0.3, 0.4) is 0 Å². The van der Waals surface area contributed by atoms with Crippen molar-refractivity contribution >= 4 is 5.69 Å². The highest BCUT2D eigenvalue weighted by molar-refractivity contribution is 5.47. The van der Waals surface area contributed by atoms with Crippen LogP contribution in [-0.4, -0.2) is 72.2 Å². The maximum absolute atomic E-state index is 11.2. The molecule has 0 amide bonds. The number of likely N-dealkylation sites (N-methyl/N-ethyl adjacent to an activating group) is 2. The monoisotopic (exact) mass is 336 g/mol. The number of nitrogens with zero attached hydrogens (tertiary/aromatic N) is 4. The van der Waals surface area contributed by atoms with E-state index in [1.165, 1.54) is 6.07 Å². The lowest BCUT2D eigenvalue weighted by Crippen LogP contribution is -2.48. The van der Waals surface area contributed by atoms with Gasteiger partial charge in [-0.25, -0.2) is 4.98 Å². The Kier molecular flexibility index (Phi) is 4.86. The van der Waals surface area contributed by atoms with Crippen molar-refractivity contribution in [3.63, 3.8) is 0 Å². The van der Waals surface area contributed by atoms with Crippen molar-refractivity contribution < 1.29 is 14.4 Å². The zero-order valence-corrected chi connectivity index (χ0v) is 14.4. The molecular formula is C16H24N4O4. The Morgan fingerprint density at radius 1 is 1.21 bits per heavy atom. The van der Waals surface area contributed by atoms with E-state index in [9.17, 15) is 10.1 Å². The molecule has 0 unspecified atom stereocenters. The molecule has 0 aromatic carbocycles. The smallest absolute Gasteiger partial charge is 0.294 e. The first-order valence-corrected chi connectivity index (χ1v) is 8.28. The summed E-state index contributed by atoms with van der Waals surface area (Å²) in [6.45, 7) is 4.73. The van der Waals surface area contributed by atoms with E-state index in [4.69, 9.17) is 9.47 Å². The van der Waals surface area contributed by atoms with Gasteiger partial charge in [0.05, 0.1) is 11.0 Å². The molecule has 2 aliphatic rings. The molecule has 2 atom stereocenters. The minimum absolute atomic E-state index is 0.0416. The fourth-order valence-electron chi connectivity index (χ4n) is 2.87. The molecule has 0 N–H and O–H groups in total. The average molecular weight is 336 g/mol. The van der Waals surface area contributed by atoms with Gasteiger partial charge in [-0.15, -0.1) is 0 Å². The van der Waals surface area contributed by atoms with Crippen molar-refractivity contribution in [2.24, 2.45) is 0 Å². The molecule has 3 heterocycles. The highest BCUT2D eigenvalue weighted by Crippen LogP contribution is 2.33. The fourth-order valence-corrected chi connectivity index (χ4v) is 2.87. The Balaban J connectivity index is 1.73. The molecule has 24 heavy (non-hydrogen) atoms. The van der Waals surface area contributed by atoms with E-state index in [0.29, 0.717) is 42.6 Å². The summed E-state index contributed by atoms with van der Waals surface area (Å²) in [6.07, 6.45) is 2.16. The minimum atomic E-state index is -0.436. The van der Waals surface area contributed by atoms with Crippen molar-refractivity contribution in [1.29, 1.82) is 0 Å². The Morgan fingerprint density at radius 2 is 1.79 bits per heavy atom. The van der Waals surface area contributed by atoms with E-state index in [-0.39, 0.29) is 5.69 Å². The lowest BCUT2D eigenvalue weighted by atomic mass is 10.1. The molecule has 2 aliphatic heterocycles. The third-order valence-corrected chi connectivity index (χ3v) is 5.04. The summed E-state index contributed by atoms with van der Waals surface area (Å²) in [4.78, 5) is 19.4. The maximum atomic E-state index is 11.2. The first-order valence-electron chi connectivity index (χ1n) is 8.28. The van der Waals surface area contributed by atoms with Gasteiger partial charge in [0.1, 0.15) is 18.9 Å². The lowest BCUT2D eigenvalue weighted by molar-refractivity contribution is -0.385. The van der Waals surface area contributed by atoms with Gasteiger partial charge in [-0.2, -0.15) is 0 Å². The van der Waals surface area contributed by atoms with E-state index in [0.717, 1.165) is 25.9 Å². The highest BCUT2D eigenvalue weighted by Gasteiger charge is 2.28. The van der Waals surface area contributed by atoms with Crippen LogP contribution < -0.4 is 9.47 Å². The van der Waals surface area contributed by atoms with Crippen LogP contribution in [0, 0.1) is 17.0 Å². The Hall–Kier alpha value is -1.93. The van der Waals surface area contributed by atoms with Crippen LogP contribution in [0.1, 0.15) is 18.5 Å². The fraction of sp³-hybridized carbons (Fsp3) is 0.688. The molecule has 8 nitrogen and oxygen atoms in total. The van der Waals surface area contributed by atoms with Crippen LogP contribution in [0.2, 0.25) is 0 Å². The molecule has 0 aliphatic carbocycles. The second-order valence-corrected chi connectivity index (χ2v) is 6.62. The number of aromatic nitrogens is 1. The summed E-state index contributed by atoms with van der Waals surface area (Å²) in [5.74, 6) is 0.704. The van der Waals surface area contributed by atoms with Crippen LogP contribution in [0.5, 0.6) is 11.6 Å². The van der Waals surface area contributed by atoms with Crippen LogP contribution in [0.4, 0.5) is 5.69 Å². The molecule has 0 radical (unpaired) electrons. The van der Waals surface area contributed by atoms with Crippen LogP contribution >= 0.6 is 0 Å². The van der Waals surface area contributed by atoms with E-state index in [2.05, 4.69) is 21.8 Å². The number of nitro groups is 1. The number of hydrogen-bond acceptors (Lipinski definition) is 7. The largest absolute Gasteiger partial charge is 0.486 e. The summed E-state index contributed by atoms with van der Waals surface area (Å²) in [6, 6.07) is 2.14. The molecule has 0 saturated carbocycles. The van der Waals surface area contributed by atoms with Crippen molar-refractivity contribution in [1.82, 2.24) is 14.8 Å². The lowest BCUT2D eigenvalue weighted by Gasteiger charge is -2.38. The van der Waals surface area contributed by atoms with Crippen molar-refractivity contribution in [2.75, 3.05) is 40.4 Å². The summed E-state index contributed by atoms with van der Waals surface area (Å²) >= 11 is 0. The summed E-state index contributed by atoms with van der Waals surface area (Å²) in [5.41, 5.74) is 0.296. The molecule has 1 aromatic heterocycles. The Labute approximate surface area is 141 Å². The zero-order valence-electron chi connectivity index (χ0n) is 14.4. The Bertz CT molecular complexity index is 624. The highest BCUT2D eigenvalue weighted by atomic mass is 16.6. The number of hydrogen-bond donors (Lipinski definition) is 0. The number of likely N-dealkylation sites (tertiary alicyclic amines) is 2. The summed E-state index contributed by atoms with van der Waals surface area (Å²) in [5, 5.41) is 11.2. The summed E-state index contributed by atoms with van der Waals surface area (Å²) < 4.78 is 11.6. The van der Waals surface area contributed by atoms with Crippen LogP contribution in [0.15, 0.2) is 6.07 Å². The number of pyridine rings is 1. The van der Waals surface area contributed by atoms with Gasteiger partial charge in [-0.05, 0) is 47.0 Å². The number of rotatable bonds is 7. The number of ether oxygens (including phenoxy) is 2. The minimum Gasteiger partial charge on any atom is -0.486 e. The Morgan fingerprint density at radius 3 is 2.25 bits per heavy atom. The molecule has 132 valence electrons. The number of aryl methyl sites for hydroxylation is 1. The topological polar surface area (TPSA) is 81.0 Å². The second kappa shape index (κ2) is 6.90. The standard InChI is InChI=1S/C16H24N4O4/c1-11-14(20(21)22)8-15(23-9-12-4-6-18(12)2)16(17-11)24-10-13-5-7-19(13)3/h8,12-13H,4-7,9-10H2,1-3H3/t12-,13-/m1/s1. The van der Waals surface area contributed by atoms with Crippen molar-refractivity contribution in [3.8, 4) is 11.6 Å². The zero-order chi connectivity index (χ0) is 17.3. The van der Waals surface area contributed by atoms with Crippen LogP contribution in [0.25, 0.3) is 0 Å². The molecular weight excluding hydrogens is 312 g/mol. The molecule has 0 bridgehead atoms. The van der Waals surface area contributed by atoms with Gasteiger partial charge < -0.3 is 9.47 Å². The quantitative estimate of drug-likeness (QED) is 0.551. The van der Waals surface area contributed by atoms with Crippen LogP contribution in [-0.2, 0) is 0 Å². The van der Waals surface area contributed by atoms with E-state index in [1.807, 2.05) is 7.05 Å². The van der Waals surface area contributed by atoms with Gasteiger partial charge in [-0.1, -0.05) is 0 Å². The third-order valence-electron chi connectivity index (χ3n) is 5.04. The van der Waals surface area contributed by atoms with E-state index in [1.54, 1.807) is 6.92 Å². The van der Waals surface area contributed by atoms with Gasteiger partial charge >= 0.3 is 0 Å². The molecule has 1 aromatic rings. The molecule has 8 heteroatoms. The first-order chi connectivity index (χ1) is 11.5. The van der Waals surface area contributed by atoms with Gasteiger partial charge in [0.25, 0.3) is 11.6 Å². The summed E-state index contributed by atoms with van der Waals surface area (Å²) in [7, 11) is 4.09. The van der Waals surface area contributed by atoms with Gasteiger partial charge in [-0.3, -0.25) is 19.9 Å². The van der Waals surface area contributed by atoms with Gasteiger partial charge in [0, 0.05) is 12.1 Å². The first kappa shape index (κ1) is 16.9. The van der Waals surface area contributed by atoms with Gasteiger partial charge in [0.2, 0.25) is 0 Å². The van der Waals surface area contributed by atoms with Crippen molar-refractivity contribution in [3.05, 3.63) is 21.9 Å². The molecule has 2 fully saturated rings. The van der Waals surface area contributed by atoms with E-state index < -0.39 is 4.92 Å². The predicted octanol–water partition coefficient (Wildman–Crippen LogP) is 1.46.